The monoisotopic (exact) mass is 167 g/mol. The quantitative estimate of drug-likeness (QED) is 0.529. The predicted molar refractivity (Wildman–Crippen MR) is 32.3 cm³/mol. The average Bonchev–Trinajstić information content (AvgIpc) is 2.03. The summed E-state index contributed by atoms with van der Waals surface area (Å²) in [7, 11) is 1.35. The molecule has 1 fully saturated rings. The van der Waals surface area contributed by atoms with Crippen molar-refractivity contribution in [2.24, 2.45) is 0 Å². The van der Waals surface area contributed by atoms with Gasteiger partial charge in [-0.05, 0) is 7.05 Å². The van der Waals surface area contributed by atoms with E-state index >= 15 is 0 Å². The molecule has 1 aliphatic rings. The van der Waals surface area contributed by atoms with E-state index in [1.165, 1.54) is 7.05 Å². The molecule has 0 saturated carbocycles. The zero-order valence-corrected chi connectivity index (χ0v) is 5.98. The molecule has 2 nitrogen and oxygen atoms in total. The van der Waals surface area contributed by atoms with Crippen LogP contribution in [0.25, 0.3) is 0 Å². The van der Waals surface area contributed by atoms with E-state index in [1.807, 2.05) is 0 Å². The van der Waals surface area contributed by atoms with Gasteiger partial charge in [0, 0.05) is 6.54 Å². The van der Waals surface area contributed by atoms with Crippen molar-refractivity contribution in [3.05, 3.63) is 0 Å². The smallest absolute Gasteiger partial charge is 0.299 e. The van der Waals surface area contributed by atoms with E-state index in [4.69, 9.17) is 0 Å². The Kier molecular flexibility index (Phi) is 1.70. The highest BCUT2D eigenvalue weighted by Gasteiger charge is 2.60. The van der Waals surface area contributed by atoms with Gasteiger partial charge in [-0.2, -0.15) is 0 Å². The van der Waals surface area contributed by atoms with Gasteiger partial charge in [-0.3, -0.25) is 9.69 Å². The highest BCUT2D eigenvalue weighted by atomic mass is 19.3. The molecule has 0 aliphatic carbocycles. The Morgan fingerprint density at radius 3 is 2.09 bits per heavy atom. The van der Waals surface area contributed by atoms with Gasteiger partial charge in [0.25, 0.3) is 0 Å². The standard InChI is InChI=1S/C6H8F3NO/c1-10-2-5(7,4-11)6(8,9)3-10/h4H,2-3H2,1H3. The molecule has 1 saturated heterocycles. The van der Waals surface area contributed by atoms with Gasteiger partial charge in [-0.25, -0.2) is 13.2 Å². The van der Waals surface area contributed by atoms with Crippen molar-refractivity contribution in [1.82, 2.24) is 4.90 Å². The third-order valence-corrected chi connectivity index (χ3v) is 1.76. The summed E-state index contributed by atoms with van der Waals surface area (Å²) in [6.07, 6.45) is -0.309. The molecule has 0 aromatic heterocycles. The van der Waals surface area contributed by atoms with Crippen LogP contribution >= 0.6 is 0 Å². The van der Waals surface area contributed by atoms with Crippen LogP contribution in [-0.2, 0) is 4.79 Å². The Balaban J connectivity index is 2.89. The van der Waals surface area contributed by atoms with Crippen molar-refractivity contribution in [3.8, 4) is 0 Å². The molecule has 0 bridgehead atoms. The van der Waals surface area contributed by atoms with Gasteiger partial charge in [-0.15, -0.1) is 0 Å². The van der Waals surface area contributed by atoms with E-state index in [1.54, 1.807) is 0 Å². The molecule has 1 aliphatic heterocycles. The van der Waals surface area contributed by atoms with Crippen LogP contribution in [0.15, 0.2) is 0 Å². The second-order valence-corrected chi connectivity index (χ2v) is 2.86. The van der Waals surface area contributed by atoms with Gasteiger partial charge < -0.3 is 0 Å². The summed E-state index contributed by atoms with van der Waals surface area (Å²) >= 11 is 0. The van der Waals surface area contributed by atoms with Gasteiger partial charge in [-0.1, -0.05) is 0 Å². The summed E-state index contributed by atoms with van der Waals surface area (Å²) in [5.74, 6) is -3.54. The van der Waals surface area contributed by atoms with E-state index in [0.29, 0.717) is 0 Å². The number of rotatable bonds is 1. The molecular weight excluding hydrogens is 159 g/mol. The Morgan fingerprint density at radius 2 is 1.91 bits per heavy atom. The zero-order chi connectivity index (χ0) is 8.70. The lowest BCUT2D eigenvalue weighted by atomic mass is 10.0. The van der Waals surface area contributed by atoms with Crippen LogP contribution in [-0.4, -0.2) is 42.9 Å². The topological polar surface area (TPSA) is 20.3 Å². The molecule has 64 valence electrons. The van der Waals surface area contributed by atoms with E-state index < -0.39 is 24.7 Å². The minimum absolute atomic E-state index is 0.309. The molecule has 11 heavy (non-hydrogen) atoms. The summed E-state index contributed by atoms with van der Waals surface area (Å²) in [4.78, 5) is 11.1. The lowest BCUT2D eigenvalue weighted by Gasteiger charge is -2.18. The zero-order valence-electron chi connectivity index (χ0n) is 5.98. The van der Waals surface area contributed by atoms with E-state index in [2.05, 4.69) is 0 Å². The van der Waals surface area contributed by atoms with Crippen molar-refractivity contribution in [1.29, 1.82) is 0 Å². The molecule has 1 atom stereocenters. The lowest BCUT2D eigenvalue weighted by molar-refractivity contribution is -0.139. The van der Waals surface area contributed by atoms with Crippen LogP contribution in [0.1, 0.15) is 0 Å². The SMILES string of the molecule is CN1CC(F)(F)C(F)(C=O)C1. The summed E-state index contributed by atoms with van der Waals surface area (Å²) in [6.45, 7) is -1.22. The fraction of sp³-hybridized carbons (Fsp3) is 0.833. The molecule has 1 unspecified atom stereocenters. The van der Waals surface area contributed by atoms with Crippen molar-refractivity contribution < 1.29 is 18.0 Å². The molecule has 1 heterocycles. The van der Waals surface area contributed by atoms with E-state index in [9.17, 15) is 18.0 Å². The Bertz CT molecular complexity index is 185. The van der Waals surface area contributed by atoms with E-state index in [0.717, 1.165) is 4.90 Å². The number of alkyl halides is 3. The summed E-state index contributed by atoms with van der Waals surface area (Å²) in [5, 5.41) is 0. The van der Waals surface area contributed by atoms with Gasteiger partial charge >= 0.3 is 5.92 Å². The number of nitrogens with zero attached hydrogens (tertiary/aromatic N) is 1. The highest BCUT2D eigenvalue weighted by molar-refractivity contribution is 5.66. The molecule has 0 aromatic rings. The lowest BCUT2D eigenvalue weighted by Crippen LogP contribution is -2.44. The number of aldehydes is 1. The fourth-order valence-corrected chi connectivity index (χ4v) is 1.16. The number of carbonyl (C=O) groups excluding carboxylic acids is 1. The van der Waals surface area contributed by atoms with Crippen LogP contribution in [0.2, 0.25) is 0 Å². The minimum Gasteiger partial charge on any atom is -0.299 e. The summed E-state index contributed by atoms with van der Waals surface area (Å²) in [5.41, 5.74) is -2.98. The van der Waals surface area contributed by atoms with Gasteiger partial charge in [0.1, 0.15) is 0 Å². The van der Waals surface area contributed by atoms with Crippen molar-refractivity contribution in [3.63, 3.8) is 0 Å². The molecule has 5 heteroatoms. The second kappa shape index (κ2) is 2.20. The van der Waals surface area contributed by atoms with Gasteiger partial charge in [0.15, 0.2) is 6.29 Å². The average molecular weight is 167 g/mol. The number of hydrogen-bond donors (Lipinski definition) is 0. The van der Waals surface area contributed by atoms with Crippen molar-refractivity contribution >= 4 is 6.29 Å². The molecular formula is C6H8F3NO. The van der Waals surface area contributed by atoms with Gasteiger partial charge in [0.05, 0.1) is 6.54 Å². The Hall–Kier alpha value is -0.580. The number of hydrogen-bond acceptors (Lipinski definition) is 2. The molecule has 0 radical (unpaired) electrons. The first kappa shape index (κ1) is 8.52. The predicted octanol–water partition coefficient (Wildman–Crippen LogP) is 0.474. The van der Waals surface area contributed by atoms with Crippen LogP contribution in [0.5, 0.6) is 0 Å². The molecule has 1 rings (SSSR count). The van der Waals surface area contributed by atoms with Crippen LogP contribution in [0.4, 0.5) is 13.2 Å². The summed E-state index contributed by atoms with van der Waals surface area (Å²) in [6, 6.07) is 0. The number of halogens is 3. The Morgan fingerprint density at radius 1 is 1.36 bits per heavy atom. The normalized spacial score (nSPS) is 37.5. The first-order chi connectivity index (χ1) is 4.91. The largest absolute Gasteiger partial charge is 0.301 e. The van der Waals surface area contributed by atoms with Crippen molar-refractivity contribution in [2.75, 3.05) is 20.1 Å². The molecule has 0 spiro atoms. The summed E-state index contributed by atoms with van der Waals surface area (Å²) < 4.78 is 38.1. The molecule has 0 N–H and O–H groups in total. The third kappa shape index (κ3) is 1.13. The van der Waals surface area contributed by atoms with Crippen LogP contribution in [0.3, 0.4) is 0 Å². The maximum Gasteiger partial charge on any atom is 0.301 e. The van der Waals surface area contributed by atoms with E-state index in [-0.39, 0.29) is 6.29 Å². The van der Waals surface area contributed by atoms with Crippen LogP contribution < -0.4 is 0 Å². The first-order valence-corrected chi connectivity index (χ1v) is 3.13. The molecule has 0 aromatic carbocycles. The van der Waals surface area contributed by atoms with Gasteiger partial charge in [0.2, 0.25) is 5.67 Å². The fourth-order valence-electron chi connectivity index (χ4n) is 1.16. The first-order valence-electron chi connectivity index (χ1n) is 3.13. The Labute approximate surface area is 62.0 Å². The van der Waals surface area contributed by atoms with Crippen molar-refractivity contribution in [2.45, 2.75) is 11.6 Å². The maximum absolute atomic E-state index is 12.9. The van der Waals surface area contributed by atoms with Crippen LogP contribution in [0, 0.1) is 0 Å². The third-order valence-electron chi connectivity index (χ3n) is 1.76. The minimum atomic E-state index is -3.54. The highest BCUT2D eigenvalue weighted by Crippen LogP contribution is 2.37. The second-order valence-electron chi connectivity index (χ2n) is 2.86. The number of likely N-dealkylation sites (tertiary alicyclic amines) is 1. The maximum atomic E-state index is 12.9. The molecule has 0 amide bonds. The number of carbonyl (C=O) groups is 1.